The largest absolute Gasteiger partial charge is 0.331 e. The van der Waals surface area contributed by atoms with Crippen molar-refractivity contribution in [1.29, 1.82) is 0 Å². The highest BCUT2D eigenvalue weighted by Gasteiger charge is 2.38. The molecule has 0 bridgehead atoms. The molecule has 1 aliphatic carbocycles. The number of aryl methyl sites for hydroxylation is 6. The van der Waals surface area contributed by atoms with Crippen LogP contribution in [0, 0.1) is 20.8 Å². The first-order valence-electron chi connectivity index (χ1n) is 20.3. The SMILES string of the molecule is CCCCc1ccccc1-p1c2c(-c3c(C)cc(C)cc3C)cn(C3C(c4sccc4CCC)=C(C)c4ccccc43)c2p1-c1ccccc1CCCC. The highest BCUT2D eigenvalue weighted by atomic mass is 32.1. The molecule has 3 aromatic heterocycles. The predicted octanol–water partition coefficient (Wildman–Crippen LogP) is 16.4. The van der Waals surface area contributed by atoms with Crippen LogP contribution in [0.25, 0.3) is 43.2 Å². The van der Waals surface area contributed by atoms with E-state index in [0.717, 1.165) is 25.7 Å². The summed E-state index contributed by atoms with van der Waals surface area (Å²) in [6, 6.07) is 35.8. The Morgan fingerprint density at radius 1 is 0.630 bits per heavy atom. The average Bonchev–Trinajstić information content (AvgIpc) is 3.83. The molecule has 0 fully saturated rings. The Balaban J connectivity index is 1.52. The van der Waals surface area contributed by atoms with E-state index in [0.29, 0.717) is 0 Å². The molecule has 1 nitrogen and oxygen atoms in total. The summed E-state index contributed by atoms with van der Waals surface area (Å²) in [4.78, 5) is 1.49. The molecule has 8 rings (SSSR count). The number of aromatic nitrogens is 1. The van der Waals surface area contributed by atoms with Crippen molar-refractivity contribution < 1.29 is 0 Å². The molecule has 4 aromatic carbocycles. The van der Waals surface area contributed by atoms with E-state index in [4.69, 9.17) is 0 Å². The number of fused-ring (bicyclic) bond motifs is 2. The molecule has 0 N–H and O–H groups in total. The van der Waals surface area contributed by atoms with Crippen LogP contribution >= 0.6 is 25.8 Å². The maximum Gasteiger partial charge on any atom is 0.0865 e. The summed E-state index contributed by atoms with van der Waals surface area (Å²) in [5.41, 5.74) is 17.5. The lowest BCUT2D eigenvalue weighted by Gasteiger charge is -2.28. The number of nitrogens with zero attached hydrogens (tertiary/aromatic N) is 1. The molecule has 0 saturated heterocycles. The van der Waals surface area contributed by atoms with Crippen LogP contribution in [-0.2, 0) is 19.3 Å². The highest BCUT2D eigenvalue weighted by Crippen LogP contribution is 2.77. The van der Waals surface area contributed by atoms with Crippen LogP contribution in [0.2, 0.25) is 0 Å². The Morgan fingerprint density at radius 2 is 1.24 bits per heavy atom. The smallest absolute Gasteiger partial charge is 0.0865 e. The number of hydrogen-bond donors (Lipinski definition) is 0. The van der Waals surface area contributed by atoms with E-state index in [1.165, 1.54) is 86.2 Å². The van der Waals surface area contributed by atoms with E-state index in [9.17, 15) is 0 Å². The molecule has 0 aliphatic heterocycles. The average molecular weight is 764 g/mol. The topological polar surface area (TPSA) is 4.93 Å². The first kappa shape index (κ1) is 37.1. The van der Waals surface area contributed by atoms with Crippen molar-refractivity contribution in [3.8, 4) is 21.7 Å². The maximum atomic E-state index is 2.83. The maximum absolute atomic E-state index is 2.83. The fraction of sp³-hybridized carbons (Fsp3) is 0.320. The van der Waals surface area contributed by atoms with Gasteiger partial charge in [0.15, 0.2) is 0 Å². The second-order valence-electron chi connectivity index (χ2n) is 15.5. The van der Waals surface area contributed by atoms with Crippen molar-refractivity contribution in [2.45, 2.75) is 106 Å². The first-order chi connectivity index (χ1) is 26.4. The van der Waals surface area contributed by atoms with Gasteiger partial charge in [0.2, 0.25) is 0 Å². The molecule has 3 heterocycles. The van der Waals surface area contributed by atoms with Crippen LogP contribution in [0.1, 0.15) is 115 Å². The monoisotopic (exact) mass is 763 g/mol. The normalized spacial score (nSPS) is 14.8. The van der Waals surface area contributed by atoms with Crippen molar-refractivity contribution >= 4 is 47.3 Å². The Bertz CT molecular complexity index is 2470. The molecule has 4 heteroatoms. The van der Waals surface area contributed by atoms with Gasteiger partial charge >= 0.3 is 0 Å². The van der Waals surface area contributed by atoms with Crippen molar-refractivity contribution in [3.63, 3.8) is 0 Å². The second-order valence-corrected chi connectivity index (χ2v) is 21.9. The van der Waals surface area contributed by atoms with E-state index in [1.807, 2.05) is 11.3 Å². The number of benzene rings is 4. The minimum absolute atomic E-state index is 0.143. The lowest BCUT2D eigenvalue weighted by Crippen LogP contribution is -2.10. The summed E-state index contributed by atoms with van der Waals surface area (Å²) in [7, 11) is -1.24. The number of unbranched alkanes of at least 4 members (excludes halogenated alkanes) is 2. The van der Waals surface area contributed by atoms with Crippen molar-refractivity contribution in [3.05, 3.63) is 152 Å². The van der Waals surface area contributed by atoms with Gasteiger partial charge in [0.25, 0.3) is 0 Å². The second kappa shape index (κ2) is 15.7. The quantitative estimate of drug-likeness (QED) is 0.110. The lowest BCUT2D eigenvalue weighted by atomic mass is 9.95. The summed E-state index contributed by atoms with van der Waals surface area (Å²) in [6.07, 6.45) is 12.1. The molecular formula is C50H55NP2S. The molecular weight excluding hydrogens is 709 g/mol. The lowest BCUT2D eigenvalue weighted by molar-refractivity contribution is 0.760. The van der Waals surface area contributed by atoms with Crippen LogP contribution in [0.3, 0.4) is 0 Å². The van der Waals surface area contributed by atoms with Crippen LogP contribution in [0.5, 0.6) is 0 Å². The third-order valence-electron chi connectivity index (χ3n) is 11.7. The molecule has 0 saturated carbocycles. The van der Waals surface area contributed by atoms with Gasteiger partial charge in [-0.15, -0.1) is 11.3 Å². The van der Waals surface area contributed by atoms with Crippen molar-refractivity contribution in [2.75, 3.05) is 0 Å². The van der Waals surface area contributed by atoms with Crippen LogP contribution in [0.4, 0.5) is 0 Å². The molecule has 0 spiro atoms. The molecule has 0 radical (unpaired) electrons. The minimum Gasteiger partial charge on any atom is -0.331 e. The molecule has 3 atom stereocenters. The Hall–Kier alpha value is -3.80. The van der Waals surface area contributed by atoms with Gasteiger partial charge in [0, 0.05) is 37.9 Å². The third kappa shape index (κ3) is 6.33. The van der Waals surface area contributed by atoms with Gasteiger partial charge in [-0.1, -0.05) is 138 Å². The summed E-state index contributed by atoms with van der Waals surface area (Å²) in [5, 5.41) is 8.82. The van der Waals surface area contributed by atoms with Gasteiger partial charge in [-0.25, -0.2) is 0 Å². The molecule has 3 unspecified atom stereocenters. The third-order valence-corrected chi connectivity index (χ3v) is 20.4. The molecule has 0 amide bonds. The zero-order valence-corrected chi connectivity index (χ0v) is 35.9. The summed E-state index contributed by atoms with van der Waals surface area (Å²) in [5.74, 6) is 0. The Labute approximate surface area is 329 Å². The fourth-order valence-corrected chi connectivity index (χ4v) is 19.2. The molecule has 7 aromatic rings. The van der Waals surface area contributed by atoms with E-state index in [2.05, 4.69) is 156 Å². The van der Waals surface area contributed by atoms with E-state index in [-0.39, 0.29) is 6.04 Å². The van der Waals surface area contributed by atoms with E-state index < -0.39 is 14.4 Å². The van der Waals surface area contributed by atoms with Gasteiger partial charge < -0.3 is 4.57 Å². The number of allylic oxidation sites excluding steroid dienone is 2. The van der Waals surface area contributed by atoms with Crippen molar-refractivity contribution in [2.24, 2.45) is 0 Å². The van der Waals surface area contributed by atoms with Crippen LogP contribution in [-0.4, -0.2) is 4.57 Å². The Morgan fingerprint density at radius 3 is 1.89 bits per heavy atom. The number of rotatable bonds is 13. The first-order valence-corrected chi connectivity index (χ1v) is 24.6. The number of thiophene rings is 1. The van der Waals surface area contributed by atoms with Crippen LogP contribution in [0.15, 0.2) is 103 Å². The Kier molecular flexibility index (Phi) is 10.8. The van der Waals surface area contributed by atoms with Gasteiger partial charge in [0.1, 0.15) is 0 Å². The summed E-state index contributed by atoms with van der Waals surface area (Å²) >= 11 is 1.95. The zero-order chi connectivity index (χ0) is 37.5. The fourth-order valence-electron chi connectivity index (χ4n) is 9.30. The van der Waals surface area contributed by atoms with Crippen molar-refractivity contribution in [1.82, 2.24) is 4.57 Å². The summed E-state index contributed by atoms with van der Waals surface area (Å²) in [6.45, 7) is 16.3. The minimum atomic E-state index is -0.635. The standard InChI is InChI=1S/C50H55NP2S/c1-8-11-20-37-22-13-17-26-43(37)52-48-42(45-34(5)30-33(4)31-35(45)6)32-51(50(48)53(52)44-27-18-14-23-38(44)21-12-9-2)47-41-25-16-15-24-40(41)36(7)46(47)49-39(19-10-3)28-29-54-49/h13-18,22-32,47H,8-12,19-21H2,1-7H3. The molecule has 54 heavy (non-hydrogen) atoms. The van der Waals surface area contributed by atoms with Gasteiger partial charge in [0.05, 0.1) is 11.3 Å². The van der Waals surface area contributed by atoms with Gasteiger partial charge in [-0.3, -0.25) is 0 Å². The number of hydrogen-bond acceptors (Lipinski definition) is 1. The van der Waals surface area contributed by atoms with Gasteiger partial charge in [-0.05, 0) is 129 Å². The predicted molar refractivity (Wildman–Crippen MR) is 242 cm³/mol. The van der Waals surface area contributed by atoms with Crippen LogP contribution < -0.4 is 0 Å². The molecule has 276 valence electrons. The highest BCUT2D eigenvalue weighted by molar-refractivity contribution is 8.22. The molecule has 1 aliphatic rings. The van der Waals surface area contributed by atoms with E-state index >= 15 is 0 Å². The zero-order valence-electron chi connectivity index (χ0n) is 33.3. The van der Waals surface area contributed by atoms with Gasteiger partial charge in [-0.2, -0.15) is 0 Å². The van der Waals surface area contributed by atoms with E-state index in [1.54, 1.807) is 32.1 Å². The summed E-state index contributed by atoms with van der Waals surface area (Å²) < 4.78 is 2.83.